The number of piperazine rings is 1. The molecule has 0 bridgehead atoms. The number of ether oxygens (including phenoxy) is 1. The largest absolute Gasteiger partial charge is 0.376 e. The number of nitrogens with zero attached hydrogens (tertiary/aromatic N) is 2. The van der Waals surface area contributed by atoms with Crippen LogP contribution in [0.4, 0.5) is 5.69 Å². The second-order valence-electron chi connectivity index (χ2n) is 8.75. The zero-order chi connectivity index (χ0) is 24.6. The fraction of sp³-hybridized carbons (Fsp3) is 0.321. The maximum atomic E-state index is 13.2. The van der Waals surface area contributed by atoms with Crippen LogP contribution in [0.2, 0.25) is 10.0 Å². The molecule has 37 heavy (non-hydrogen) atoms. The summed E-state index contributed by atoms with van der Waals surface area (Å²) in [5.74, 6) is 0.0918. The summed E-state index contributed by atoms with van der Waals surface area (Å²) in [6.45, 7) is 5.75. The molecule has 0 spiro atoms. The van der Waals surface area contributed by atoms with Crippen LogP contribution in [0.3, 0.4) is 0 Å². The van der Waals surface area contributed by atoms with Crippen molar-refractivity contribution >= 4 is 59.6 Å². The van der Waals surface area contributed by atoms with E-state index in [0.29, 0.717) is 42.8 Å². The second-order valence-corrected chi connectivity index (χ2v) is 9.57. The van der Waals surface area contributed by atoms with Crippen LogP contribution < -0.4 is 10.2 Å². The molecule has 1 aliphatic heterocycles. The van der Waals surface area contributed by atoms with Crippen LogP contribution in [0.5, 0.6) is 0 Å². The first-order valence-corrected chi connectivity index (χ1v) is 12.7. The van der Waals surface area contributed by atoms with Gasteiger partial charge in [-0.2, -0.15) is 0 Å². The first kappa shape index (κ1) is 31.2. The third-order valence-corrected chi connectivity index (χ3v) is 6.99. The average Bonchev–Trinajstić information content (AvgIpc) is 2.88. The molecule has 4 rings (SSSR count). The Morgan fingerprint density at radius 3 is 2.41 bits per heavy atom. The Hall–Kier alpha value is -1.99. The number of aryl methyl sites for hydroxylation is 1. The lowest BCUT2D eigenvalue weighted by molar-refractivity contribution is -0.136. The molecule has 1 fully saturated rings. The van der Waals surface area contributed by atoms with Gasteiger partial charge in [-0.25, -0.2) is 0 Å². The number of amides is 1. The quantitative estimate of drug-likeness (QED) is 0.291. The number of hydrogen-bond acceptors (Lipinski definition) is 4. The number of nitrogens with one attached hydrogen (secondary N) is 1. The minimum atomic E-state index is -0.0915. The molecule has 3 aromatic rings. The predicted molar refractivity (Wildman–Crippen MR) is 157 cm³/mol. The molecule has 0 radical (unpaired) electrons. The van der Waals surface area contributed by atoms with Crippen molar-refractivity contribution in [1.82, 2.24) is 10.2 Å². The van der Waals surface area contributed by atoms with E-state index in [2.05, 4.69) is 53.5 Å². The SMILES string of the molecule is Cc1ccccc1N1CCN(C(=O)CCOCc2ccc(Cl)c(Cl)c2)C(NCc2ccccc2)C1.Cl.Cl. The van der Waals surface area contributed by atoms with E-state index in [1.165, 1.54) is 16.8 Å². The molecule has 1 saturated heterocycles. The number of benzene rings is 3. The summed E-state index contributed by atoms with van der Waals surface area (Å²) >= 11 is 12.0. The summed E-state index contributed by atoms with van der Waals surface area (Å²) in [6.07, 6.45) is 0.237. The van der Waals surface area contributed by atoms with Crippen molar-refractivity contribution in [3.63, 3.8) is 0 Å². The highest BCUT2D eigenvalue weighted by Gasteiger charge is 2.30. The van der Waals surface area contributed by atoms with E-state index in [4.69, 9.17) is 27.9 Å². The Morgan fingerprint density at radius 2 is 1.68 bits per heavy atom. The van der Waals surface area contributed by atoms with Gasteiger partial charge in [0.25, 0.3) is 0 Å². The molecular weight excluding hydrogens is 552 g/mol. The lowest BCUT2D eigenvalue weighted by Gasteiger charge is -2.43. The molecule has 1 N–H and O–H groups in total. The molecule has 0 aliphatic carbocycles. The van der Waals surface area contributed by atoms with Gasteiger partial charge in [0.05, 0.1) is 36.2 Å². The smallest absolute Gasteiger partial charge is 0.226 e. The number of rotatable bonds is 9. The second kappa shape index (κ2) is 15.4. The zero-order valence-electron chi connectivity index (χ0n) is 20.7. The maximum absolute atomic E-state index is 13.2. The van der Waals surface area contributed by atoms with E-state index in [0.717, 1.165) is 18.7 Å². The van der Waals surface area contributed by atoms with Crippen molar-refractivity contribution in [3.8, 4) is 0 Å². The monoisotopic (exact) mass is 583 g/mol. The molecule has 1 unspecified atom stereocenters. The molecule has 1 heterocycles. The Kier molecular flexibility index (Phi) is 13.0. The van der Waals surface area contributed by atoms with Gasteiger partial charge >= 0.3 is 0 Å². The lowest BCUT2D eigenvalue weighted by atomic mass is 10.1. The molecule has 9 heteroatoms. The van der Waals surface area contributed by atoms with Gasteiger partial charge in [0.2, 0.25) is 5.91 Å². The number of carbonyl (C=O) groups excluding carboxylic acids is 1. The van der Waals surface area contributed by atoms with Gasteiger partial charge in [0.15, 0.2) is 0 Å². The van der Waals surface area contributed by atoms with Gasteiger partial charge < -0.3 is 14.5 Å². The average molecular weight is 585 g/mol. The molecule has 1 amide bonds. The van der Waals surface area contributed by atoms with Gasteiger partial charge in [-0.3, -0.25) is 10.1 Å². The van der Waals surface area contributed by atoms with Crippen molar-refractivity contribution in [1.29, 1.82) is 0 Å². The van der Waals surface area contributed by atoms with E-state index < -0.39 is 0 Å². The molecule has 5 nitrogen and oxygen atoms in total. The van der Waals surface area contributed by atoms with Crippen LogP contribution in [-0.2, 0) is 22.7 Å². The highest BCUT2D eigenvalue weighted by molar-refractivity contribution is 6.42. The Balaban J connectivity index is 0.00000241. The Morgan fingerprint density at radius 1 is 0.946 bits per heavy atom. The summed E-state index contributed by atoms with van der Waals surface area (Å²) < 4.78 is 5.77. The van der Waals surface area contributed by atoms with E-state index in [9.17, 15) is 4.79 Å². The summed E-state index contributed by atoms with van der Waals surface area (Å²) in [5.41, 5.74) is 4.58. The van der Waals surface area contributed by atoms with E-state index in [-0.39, 0.29) is 36.9 Å². The van der Waals surface area contributed by atoms with Crippen LogP contribution in [0.25, 0.3) is 0 Å². The van der Waals surface area contributed by atoms with Crippen molar-refractivity contribution in [2.45, 2.75) is 32.7 Å². The first-order chi connectivity index (χ1) is 17.0. The molecular formula is C28H33Cl4N3O2. The van der Waals surface area contributed by atoms with E-state index >= 15 is 0 Å². The fourth-order valence-electron chi connectivity index (χ4n) is 4.35. The predicted octanol–water partition coefficient (Wildman–Crippen LogP) is 6.52. The van der Waals surface area contributed by atoms with E-state index in [1.807, 2.05) is 29.2 Å². The maximum Gasteiger partial charge on any atom is 0.226 e. The standard InChI is InChI=1S/C28H31Cl2N3O2.2ClH/c1-21-7-5-6-10-26(21)32-14-15-33(27(19-32)31-18-22-8-3-2-4-9-22)28(34)13-16-35-20-23-11-12-24(29)25(30)17-23;;/h2-12,17,27,31H,13-16,18-20H2,1H3;2*1H. The van der Waals surface area contributed by atoms with Crippen molar-refractivity contribution in [2.24, 2.45) is 0 Å². The van der Waals surface area contributed by atoms with Crippen LogP contribution in [0, 0.1) is 6.92 Å². The lowest BCUT2D eigenvalue weighted by Crippen LogP contribution is -2.60. The third-order valence-electron chi connectivity index (χ3n) is 6.25. The zero-order valence-corrected chi connectivity index (χ0v) is 23.9. The van der Waals surface area contributed by atoms with Crippen molar-refractivity contribution in [2.75, 3.05) is 31.1 Å². The molecule has 1 atom stereocenters. The molecule has 0 saturated carbocycles. The topological polar surface area (TPSA) is 44.8 Å². The normalized spacial score (nSPS) is 15.1. The minimum absolute atomic E-state index is 0. The Labute approximate surface area is 241 Å². The summed E-state index contributed by atoms with van der Waals surface area (Å²) in [7, 11) is 0. The van der Waals surface area contributed by atoms with Gasteiger partial charge in [-0.1, -0.05) is 77.8 Å². The fourth-order valence-corrected chi connectivity index (χ4v) is 4.67. The summed E-state index contributed by atoms with van der Waals surface area (Å²) in [6, 6.07) is 24.1. The van der Waals surface area contributed by atoms with Crippen LogP contribution in [-0.4, -0.2) is 43.2 Å². The third kappa shape index (κ3) is 8.78. The van der Waals surface area contributed by atoms with Gasteiger partial charge in [-0.05, 0) is 41.8 Å². The highest BCUT2D eigenvalue weighted by atomic mass is 35.5. The minimum Gasteiger partial charge on any atom is -0.376 e. The van der Waals surface area contributed by atoms with Crippen molar-refractivity contribution < 1.29 is 9.53 Å². The number of carbonyl (C=O) groups is 1. The van der Waals surface area contributed by atoms with Gasteiger partial charge in [0, 0.05) is 25.3 Å². The molecule has 0 aromatic heterocycles. The van der Waals surface area contributed by atoms with Crippen LogP contribution >= 0.6 is 48.0 Å². The number of anilines is 1. The van der Waals surface area contributed by atoms with Gasteiger partial charge in [0.1, 0.15) is 6.17 Å². The van der Waals surface area contributed by atoms with Crippen molar-refractivity contribution in [3.05, 3.63) is 99.5 Å². The Bertz CT molecular complexity index is 1130. The number of para-hydroxylation sites is 1. The molecule has 200 valence electrons. The number of hydrogen-bond donors (Lipinski definition) is 1. The first-order valence-electron chi connectivity index (χ1n) is 11.9. The highest BCUT2D eigenvalue weighted by Crippen LogP contribution is 2.24. The van der Waals surface area contributed by atoms with Crippen LogP contribution in [0.1, 0.15) is 23.1 Å². The summed E-state index contributed by atoms with van der Waals surface area (Å²) in [5, 5.41) is 4.63. The van der Waals surface area contributed by atoms with E-state index in [1.54, 1.807) is 12.1 Å². The summed E-state index contributed by atoms with van der Waals surface area (Å²) in [4.78, 5) is 17.5. The molecule has 3 aromatic carbocycles. The molecule has 1 aliphatic rings. The number of halogens is 4. The van der Waals surface area contributed by atoms with Gasteiger partial charge in [-0.15, -0.1) is 24.8 Å². The van der Waals surface area contributed by atoms with Crippen LogP contribution in [0.15, 0.2) is 72.8 Å².